The largest absolute Gasteiger partial charge is 0.356 e. The number of rotatable bonds is 6. The molecule has 23 heavy (non-hydrogen) atoms. The molecule has 2 aromatic rings. The Bertz CT molecular complexity index is 637. The Labute approximate surface area is 136 Å². The Kier molecular flexibility index (Phi) is 5.08. The van der Waals surface area contributed by atoms with Crippen molar-refractivity contribution < 1.29 is 4.79 Å². The predicted molar refractivity (Wildman–Crippen MR) is 90.2 cm³/mol. The lowest BCUT2D eigenvalue weighted by Gasteiger charge is -2.14. The molecular formula is C18H24N4O. The fourth-order valence-electron chi connectivity index (χ4n) is 3.19. The van der Waals surface area contributed by atoms with Crippen LogP contribution in [0.2, 0.25) is 0 Å². The van der Waals surface area contributed by atoms with Crippen molar-refractivity contribution in [2.75, 3.05) is 6.54 Å². The quantitative estimate of drug-likeness (QED) is 0.857. The molecule has 1 amide bonds. The highest BCUT2D eigenvalue weighted by Gasteiger charge is 2.25. The summed E-state index contributed by atoms with van der Waals surface area (Å²) in [5.74, 6) is 0.471. The van der Waals surface area contributed by atoms with Crippen molar-refractivity contribution in [3.63, 3.8) is 0 Å². The molecule has 0 saturated heterocycles. The maximum absolute atomic E-state index is 12.0. The SMILES string of the molecule is N[C@@H]1CCC[C@H]1CC(=O)NCCc1cnn(-c2ccccc2)c1. The van der Waals surface area contributed by atoms with Gasteiger partial charge < -0.3 is 11.1 Å². The number of para-hydroxylation sites is 1. The molecule has 0 radical (unpaired) electrons. The van der Waals surface area contributed by atoms with Gasteiger partial charge in [0.15, 0.2) is 0 Å². The maximum atomic E-state index is 12.0. The normalized spacial score (nSPS) is 20.6. The van der Waals surface area contributed by atoms with Crippen LogP contribution in [0.4, 0.5) is 0 Å². The van der Waals surface area contributed by atoms with Crippen LogP contribution in [0, 0.1) is 5.92 Å². The van der Waals surface area contributed by atoms with E-state index in [2.05, 4.69) is 10.4 Å². The van der Waals surface area contributed by atoms with Gasteiger partial charge in [-0.05, 0) is 42.9 Å². The van der Waals surface area contributed by atoms with Crippen LogP contribution in [0.5, 0.6) is 0 Å². The summed E-state index contributed by atoms with van der Waals surface area (Å²) in [6.07, 6.45) is 8.49. The summed E-state index contributed by atoms with van der Waals surface area (Å²) in [6, 6.07) is 10.2. The third-order valence-corrected chi connectivity index (χ3v) is 4.56. The number of benzene rings is 1. The molecule has 1 heterocycles. The number of carbonyl (C=O) groups excluding carboxylic acids is 1. The first kappa shape index (κ1) is 15.7. The first-order valence-electron chi connectivity index (χ1n) is 8.33. The molecule has 1 aliphatic rings. The molecule has 1 aromatic heterocycles. The fourth-order valence-corrected chi connectivity index (χ4v) is 3.19. The summed E-state index contributed by atoms with van der Waals surface area (Å²) in [5.41, 5.74) is 8.17. The average Bonchev–Trinajstić information content (AvgIpc) is 3.18. The lowest BCUT2D eigenvalue weighted by atomic mass is 10.00. The number of amides is 1. The minimum absolute atomic E-state index is 0.114. The fraction of sp³-hybridized carbons (Fsp3) is 0.444. The Morgan fingerprint density at radius 1 is 1.30 bits per heavy atom. The average molecular weight is 312 g/mol. The van der Waals surface area contributed by atoms with Gasteiger partial charge in [0, 0.05) is 25.2 Å². The van der Waals surface area contributed by atoms with E-state index in [1.54, 1.807) is 0 Å². The number of nitrogens with zero attached hydrogens (tertiary/aromatic N) is 2. The molecular weight excluding hydrogens is 288 g/mol. The van der Waals surface area contributed by atoms with Gasteiger partial charge in [-0.15, -0.1) is 0 Å². The summed E-state index contributed by atoms with van der Waals surface area (Å²) < 4.78 is 1.86. The summed E-state index contributed by atoms with van der Waals surface area (Å²) in [6.45, 7) is 0.640. The van der Waals surface area contributed by atoms with Crippen LogP contribution in [0.3, 0.4) is 0 Å². The van der Waals surface area contributed by atoms with E-state index in [0.29, 0.717) is 18.9 Å². The second-order valence-electron chi connectivity index (χ2n) is 6.29. The van der Waals surface area contributed by atoms with E-state index in [4.69, 9.17) is 5.73 Å². The van der Waals surface area contributed by atoms with E-state index in [1.165, 1.54) is 0 Å². The van der Waals surface area contributed by atoms with E-state index < -0.39 is 0 Å². The summed E-state index contributed by atoms with van der Waals surface area (Å²) in [5, 5.41) is 7.36. The van der Waals surface area contributed by atoms with E-state index >= 15 is 0 Å². The first-order chi connectivity index (χ1) is 11.2. The number of hydrogen-bond donors (Lipinski definition) is 2. The van der Waals surface area contributed by atoms with Crippen molar-refractivity contribution in [1.82, 2.24) is 15.1 Å². The number of aromatic nitrogens is 2. The van der Waals surface area contributed by atoms with Crippen molar-refractivity contribution in [3.8, 4) is 5.69 Å². The predicted octanol–water partition coefficient (Wildman–Crippen LogP) is 2.05. The minimum Gasteiger partial charge on any atom is -0.356 e. The van der Waals surface area contributed by atoms with Gasteiger partial charge in [0.2, 0.25) is 5.91 Å². The van der Waals surface area contributed by atoms with Crippen LogP contribution in [0.15, 0.2) is 42.7 Å². The number of nitrogens with one attached hydrogen (secondary N) is 1. The highest BCUT2D eigenvalue weighted by atomic mass is 16.1. The van der Waals surface area contributed by atoms with Crippen molar-refractivity contribution in [2.24, 2.45) is 11.7 Å². The summed E-state index contributed by atoms with van der Waals surface area (Å²) >= 11 is 0. The zero-order valence-corrected chi connectivity index (χ0v) is 13.3. The van der Waals surface area contributed by atoms with Crippen LogP contribution in [0.25, 0.3) is 5.69 Å². The summed E-state index contributed by atoms with van der Waals surface area (Å²) in [4.78, 5) is 12.0. The number of nitrogens with two attached hydrogens (primary N) is 1. The van der Waals surface area contributed by atoms with Crippen molar-refractivity contribution in [2.45, 2.75) is 38.1 Å². The van der Waals surface area contributed by atoms with Gasteiger partial charge in [0.05, 0.1) is 11.9 Å². The zero-order valence-electron chi connectivity index (χ0n) is 13.3. The van der Waals surface area contributed by atoms with Gasteiger partial charge in [0.25, 0.3) is 0 Å². The Morgan fingerprint density at radius 2 is 2.13 bits per heavy atom. The molecule has 5 nitrogen and oxygen atoms in total. The standard InChI is InChI=1S/C18H24N4O/c19-17-8-4-5-15(17)11-18(23)20-10-9-14-12-21-22(13-14)16-6-2-1-3-7-16/h1-3,6-7,12-13,15,17H,4-5,8-11,19H2,(H,20,23)/t15-,17+/m0/s1. The molecule has 0 aliphatic heterocycles. The van der Waals surface area contributed by atoms with E-state index in [1.807, 2.05) is 47.4 Å². The van der Waals surface area contributed by atoms with Crippen LogP contribution >= 0.6 is 0 Å². The molecule has 3 rings (SSSR count). The molecule has 1 saturated carbocycles. The third kappa shape index (κ3) is 4.20. The molecule has 2 atom stereocenters. The molecule has 1 fully saturated rings. The number of hydrogen-bond acceptors (Lipinski definition) is 3. The van der Waals surface area contributed by atoms with Crippen LogP contribution < -0.4 is 11.1 Å². The maximum Gasteiger partial charge on any atom is 0.220 e. The molecule has 5 heteroatoms. The first-order valence-corrected chi connectivity index (χ1v) is 8.33. The molecule has 0 bridgehead atoms. The van der Waals surface area contributed by atoms with Gasteiger partial charge in [-0.1, -0.05) is 24.6 Å². The van der Waals surface area contributed by atoms with Gasteiger partial charge in [-0.2, -0.15) is 5.10 Å². The molecule has 122 valence electrons. The van der Waals surface area contributed by atoms with E-state index in [-0.39, 0.29) is 11.9 Å². The van der Waals surface area contributed by atoms with Gasteiger partial charge in [-0.3, -0.25) is 4.79 Å². The van der Waals surface area contributed by atoms with E-state index in [9.17, 15) is 4.79 Å². The van der Waals surface area contributed by atoms with Gasteiger partial charge in [0.1, 0.15) is 0 Å². The molecule has 1 aliphatic carbocycles. The highest BCUT2D eigenvalue weighted by molar-refractivity contribution is 5.76. The highest BCUT2D eigenvalue weighted by Crippen LogP contribution is 2.26. The van der Waals surface area contributed by atoms with Crippen molar-refractivity contribution in [3.05, 3.63) is 48.3 Å². The monoisotopic (exact) mass is 312 g/mol. The lowest BCUT2D eigenvalue weighted by molar-refractivity contribution is -0.122. The Hall–Kier alpha value is -2.14. The van der Waals surface area contributed by atoms with Crippen LogP contribution in [0.1, 0.15) is 31.2 Å². The topological polar surface area (TPSA) is 72.9 Å². The van der Waals surface area contributed by atoms with Gasteiger partial charge in [-0.25, -0.2) is 4.68 Å². The third-order valence-electron chi connectivity index (χ3n) is 4.56. The van der Waals surface area contributed by atoms with Crippen molar-refractivity contribution in [1.29, 1.82) is 0 Å². The summed E-state index contributed by atoms with van der Waals surface area (Å²) in [7, 11) is 0. The van der Waals surface area contributed by atoms with Crippen molar-refractivity contribution >= 4 is 5.91 Å². The van der Waals surface area contributed by atoms with Gasteiger partial charge >= 0.3 is 0 Å². The Balaban J connectivity index is 1.44. The Morgan fingerprint density at radius 3 is 2.87 bits per heavy atom. The van der Waals surface area contributed by atoms with Crippen LogP contribution in [-0.4, -0.2) is 28.3 Å². The number of carbonyl (C=O) groups is 1. The molecule has 3 N–H and O–H groups in total. The smallest absolute Gasteiger partial charge is 0.220 e. The van der Waals surface area contributed by atoms with Crippen LogP contribution in [-0.2, 0) is 11.2 Å². The second kappa shape index (κ2) is 7.42. The molecule has 0 spiro atoms. The minimum atomic E-state index is 0.114. The molecule has 0 unspecified atom stereocenters. The second-order valence-corrected chi connectivity index (χ2v) is 6.29. The lowest BCUT2D eigenvalue weighted by Crippen LogP contribution is -2.32. The zero-order chi connectivity index (χ0) is 16.1. The molecule has 1 aromatic carbocycles. The van der Waals surface area contributed by atoms with E-state index in [0.717, 1.165) is 36.9 Å².